The van der Waals surface area contributed by atoms with E-state index in [9.17, 15) is 4.79 Å². The molecular weight excluding hydrogens is 350 g/mol. The van der Waals surface area contributed by atoms with Crippen LogP contribution in [-0.2, 0) is 4.79 Å². The Balaban J connectivity index is 2.10. The lowest BCUT2D eigenvalue weighted by Gasteiger charge is -2.23. The summed E-state index contributed by atoms with van der Waals surface area (Å²) >= 11 is 5.99. The van der Waals surface area contributed by atoms with Crippen molar-refractivity contribution in [2.75, 3.05) is 7.11 Å². The molecule has 2 rings (SSSR count). The number of carbonyl (C=O) groups is 1. The third-order valence-corrected chi connectivity index (χ3v) is 4.52. The molecule has 5 heteroatoms. The summed E-state index contributed by atoms with van der Waals surface area (Å²) in [6.07, 6.45) is 0.781. The average molecular weight is 376 g/mol. The minimum absolute atomic E-state index is 0.0795. The van der Waals surface area contributed by atoms with E-state index in [4.69, 9.17) is 21.1 Å². The smallest absolute Gasteiger partial charge is 0.261 e. The second-order valence-electron chi connectivity index (χ2n) is 6.17. The maximum atomic E-state index is 12.7. The van der Waals surface area contributed by atoms with Crippen LogP contribution in [0.2, 0.25) is 5.02 Å². The lowest BCUT2D eigenvalue weighted by atomic mass is 10.0. The van der Waals surface area contributed by atoms with Gasteiger partial charge in [-0.25, -0.2) is 0 Å². The number of hydrogen-bond acceptors (Lipinski definition) is 3. The molecule has 0 aromatic heterocycles. The number of halogens is 1. The van der Waals surface area contributed by atoms with E-state index < -0.39 is 6.10 Å². The zero-order chi connectivity index (χ0) is 19.1. The Morgan fingerprint density at radius 3 is 2.50 bits per heavy atom. The van der Waals surface area contributed by atoms with Gasteiger partial charge in [-0.3, -0.25) is 4.79 Å². The van der Waals surface area contributed by atoms with Crippen LogP contribution in [0.3, 0.4) is 0 Å². The molecule has 2 aromatic rings. The van der Waals surface area contributed by atoms with Crippen molar-refractivity contribution >= 4 is 17.5 Å². The van der Waals surface area contributed by atoms with Crippen LogP contribution in [0.25, 0.3) is 0 Å². The molecule has 0 aliphatic carbocycles. The van der Waals surface area contributed by atoms with Gasteiger partial charge in [-0.15, -0.1) is 0 Å². The zero-order valence-corrected chi connectivity index (χ0v) is 16.5. The Bertz CT molecular complexity index is 748. The molecule has 0 radical (unpaired) electrons. The van der Waals surface area contributed by atoms with Gasteiger partial charge in [-0.1, -0.05) is 43.6 Å². The highest BCUT2D eigenvalue weighted by molar-refractivity contribution is 6.30. The topological polar surface area (TPSA) is 47.6 Å². The Kier molecular flexibility index (Phi) is 7.34. The fourth-order valence-electron chi connectivity index (χ4n) is 2.83. The lowest BCUT2D eigenvalue weighted by molar-refractivity contribution is -0.128. The van der Waals surface area contributed by atoms with Crippen LogP contribution in [0, 0.1) is 6.92 Å². The van der Waals surface area contributed by atoms with Gasteiger partial charge >= 0.3 is 0 Å². The predicted octanol–water partition coefficient (Wildman–Crippen LogP) is 5.08. The largest absolute Gasteiger partial charge is 0.496 e. The number of aryl methyl sites for hydroxylation is 1. The summed E-state index contributed by atoms with van der Waals surface area (Å²) in [6.45, 7) is 5.96. The number of benzene rings is 2. The van der Waals surface area contributed by atoms with E-state index in [2.05, 4.69) is 5.32 Å². The van der Waals surface area contributed by atoms with Gasteiger partial charge in [0.15, 0.2) is 6.10 Å². The van der Waals surface area contributed by atoms with Gasteiger partial charge in [0.1, 0.15) is 11.5 Å². The number of nitrogens with one attached hydrogen (secondary N) is 1. The van der Waals surface area contributed by atoms with Crippen LogP contribution < -0.4 is 14.8 Å². The third-order valence-electron chi connectivity index (χ3n) is 4.28. The van der Waals surface area contributed by atoms with E-state index in [0.717, 1.165) is 23.3 Å². The molecule has 0 fully saturated rings. The number of methoxy groups -OCH3 is 1. The van der Waals surface area contributed by atoms with Crippen LogP contribution in [0.15, 0.2) is 42.5 Å². The predicted molar refractivity (Wildman–Crippen MR) is 105 cm³/mol. The fraction of sp³-hybridized carbons (Fsp3) is 0.381. The molecule has 0 aliphatic heterocycles. The van der Waals surface area contributed by atoms with Crippen molar-refractivity contribution in [3.05, 3.63) is 58.6 Å². The Labute approximate surface area is 160 Å². The van der Waals surface area contributed by atoms with Gasteiger partial charge in [-0.2, -0.15) is 0 Å². The summed E-state index contributed by atoms with van der Waals surface area (Å²) in [5, 5.41) is 3.68. The molecule has 0 saturated heterocycles. The molecule has 2 atom stereocenters. The van der Waals surface area contributed by atoms with Crippen molar-refractivity contribution in [1.82, 2.24) is 5.32 Å². The van der Waals surface area contributed by atoms with Gasteiger partial charge in [0.05, 0.1) is 13.2 Å². The van der Waals surface area contributed by atoms with Gasteiger partial charge in [0.2, 0.25) is 0 Å². The molecular formula is C21H26ClNO3. The highest BCUT2D eigenvalue weighted by atomic mass is 35.5. The monoisotopic (exact) mass is 375 g/mol. The minimum atomic E-state index is -0.568. The van der Waals surface area contributed by atoms with E-state index in [0.29, 0.717) is 17.2 Å². The fourth-order valence-corrected chi connectivity index (χ4v) is 3.01. The molecule has 0 unspecified atom stereocenters. The average Bonchev–Trinajstić information content (AvgIpc) is 2.64. The first-order valence-corrected chi connectivity index (χ1v) is 9.23. The summed E-state index contributed by atoms with van der Waals surface area (Å²) in [4.78, 5) is 12.7. The van der Waals surface area contributed by atoms with Crippen molar-refractivity contribution in [2.24, 2.45) is 0 Å². The lowest BCUT2D eigenvalue weighted by Crippen LogP contribution is -2.40. The first kappa shape index (κ1) is 20.1. The molecule has 2 aromatic carbocycles. The number of rotatable bonds is 8. The molecule has 0 spiro atoms. The maximum Gasteiger partial charge on any atom is 0.261 e. The van der Waals surface area contributed by atoms with Crippen LogP contribution >= 0.6 is 11.6 Å². The van der Waals surface area contributed by atoms with Crippen LogP contribution in [0.5, 0.6) is 11.5 Å². The maximum absolute atomic E-state index is 12.7. The van der Waals surface area contributed by atoms with Crippen LogP contribution in [-0.4, -0.2) is 19.1 Å². The number of ether oxygens (including phenoxy) is 2. The zero-order valence-electron chi connectivity index (χ0n) is 15.7. The highest BCUT2D eigenvalue weighted by Gasteiger charge is 2.22. The summed E-state index contributed by atoms with van der Waals surface area (Å²) in [5.74, 6) is 1.30. The van der Waals surface area contributed by atoms with Crippen molar-refractivity contribution in [2.45, 2.75) is 45.8 Å². The quantitative estimate of drug-likeness (QED) is 0.699. The molecule has 0 aliphatic rings. The van der Waals surface area contributed by atoms with Crippen molar-refractivity contribution in [3.63, 3.8) is 0 Å². The minimum Gasteiger partial charge on any atom is -0.496 e. The number of amides is 1. The molecule has 0 saturated carbocycles. The van der Waals surface area contributed by atoms with E-state index in [-0.39, 0.29) is 11.9 Å². The molecule has 0 heterocycles. The molecule has 1 N–H and O–H groups in total. The Hall–Kier alpha value is -2.20. The van der Waals surface area contributed by atoms with Crippen molar-refractivity contribution in [3.8, 4) is 11.5 Å². The van der Waals surface area contributed by atoms with E-state index in [1.807, 2.05) is 39.0 Å². The standard InChI is InChI=1S/C21H26ClNO3/c1-5-18(15-10-11-20(25-4)14(3)12-15)23-21(24)19(6-2)26-17-9-7-8-16(22)13-17/h7-13,18-19H,5-6H2,1-4H3,(H,23,24)/t18-,19+/m0/s1. The number of carbonyl (C=O) groups excluding carboxylic acids is 1. The molecule has 1 amide bonds. The van der Waals surface area contributed by atoms with Crippen molar-refractivity contribution in [1.29, 1.82) is 0 Å². The van der Waals surface area contributed by atoms with Crippen LogP contribution in [0.4, 0.5) is 0 Å². The van der Waals surface area contributed by atoms with Gasteiger partial charge in [0, 0.05) is 5.02 Å². The summed E-state index contributed by atoms with van der Waals surface area (Å²) in [6, 6.07) is 13.0. The SMILES string of the molecule is CC[C@H](NC(=O)[C@@H](CC)Oc1cccc(Cl)c1)c1ccc(OC)c(C)c1. The Morgan fingerprint density at radius 1 is 1.15 bits per heavy atom. The first-order chi connectivity index (χ1) is 12.5. The van der Waals surface area contributed by atoms with E-state index in [1.165, 1.54) is 0 Å². The van der Waals surface area contributed by atoms with Gasteiger partial charge in [-0.05, 0) is 55.2 Å². The molecule has 0 bridgehead atoms. The Morgan fingerprint density at radius 2 is 1.92 bits per heavy atom. The summed E-state index contributed by atoms with van der Waals surface area (Å²) < 4.78 is 11.1. The summed E-state index contributed by atoms with van der Waals surface area (Å²) in [5.41, 5.74) is 2.09. The third kappa shape index (κ3) is 5.15. The molecule has 26 heavy (non-hydrogen) atoms. The summed E-state index contributed by atoms with van der Waals surface area (Å²) in [7, 11) is 1.65. The second kappa shape index (κ2) is 9.48. The van der Waals surface area contributed by atoms with Gasteiger partial charge in [0.25, 0.3) is 5.91 Å². The van der Waals surface area contributed by atoms with Crippen molar-refractivity contribution < 1.29 is 14.3 Å². The highest BCUT2D eigenvalue weighted by Crippen LogP contribution is 2.25. The van der Waals surface area contributed by atoms with Gasteiger partial charge < -0.3 is 14.8 Å². The molecule has 4 nitrogen and oxygen atoms in total. The van der Waals surface area contributed by atoms with E-state index in [1.54, 1.807) is 31.4 Å². The van der Waals surface area contributed by atoms with Crippen LogP contribution in [0.1, 0.15) is 43.9 Å². The first-order valence-electron chi connectivity index (χ1n) is 8.85. The molecule has 140 valence electrons. The normalized spacial score (nSPS) is 13.0. The second-order valence-corrected chi connectivity index (χ2v) is 6.61. The number of hydrogen-bond donors (Lipinski definition) is 1. The van der Waals surface area contributed by atoms with E-state index >= 15 is 0 Å².